The molecule has 214 valence electrons. The molecule has 2 aliphatic heterocycles. The van der Waals surface area contributed by atoms with Gasteiger partial charge in [-0.2, -0.15) is 0 Å². The Morgan fingerprint density at radius 3 is 2.44 bits per heavy atom. The molecule has 2 aromatic rings. The van der Waals surface area contributed by atoms with E-state index in [1.807, 2.05) is 25.7 Å². The minimum atomic E-state index is -0.658. The monoisotopic (exact) mass is 537 g/mol. The van der Waals surface area contributed by atoms with Crippen molar-refractivity contribution in [3.8, 4) is 5.75 Å². The molecule has 2 N–H and O–H groups in total. The summed E-state index contributed by atoms with van der Waals surface area (Å²) in [5.74, 6) is 0.841. The molecular formula is C32H47N3O4. The number of hydrogen-bond donors (Lipinski definition) is 2. The van der Waals surface area contributed by atoms with Crippen LogP contribution >= 0.6 is 0 Å². The first-order valence-electron chi connectivity index (χ1n) is 14.3. The van der Waals surface area contributed by atoms with Crippen LogP contribution in [0.15, 0.2) is 30.3 Å². The Hall–Kier alpha value is -2.80. The molecule has 3 amide bonds. The average molecular weight is 538 g/mol. The number of carbonyl (C=O) groups is 2. The fourth-order valence-corrected chi connectivity index (χ4v) is 6.24. The number of fused-ring (bicyclic) bond motifs is 5. The second kappa shape index (κ2) is 11.0. The van der Waals surface area contributed by atoms with E-state index >= 15 is 0 Å². The van der Waals surface area contributed by atoms with Crippen molar-refractivity contribution in [1.29, 1.82) is 0 Å². The number of methoxy groups -OCH3 is 2. The lowest BCUT2D eigenvalue weighted by Crippen LogP contribution is -2.57. The fourth-order valence-electron chi connectivity index (χ4n) is 6.24. The van der Waals surface area contributed by atoms with Crippen molar-refractivity contribution in [3.63, 3.8) is 0 Å². The van der Waals surface area contributed by atoms with Crippen molar-refractivity contribution >= 4 is 22.7 Å². The molecule has 1 saturated heterocycles. The van der Waals surface area contributed by atoms with E-state index in [0.717, 1.165) is 47.8 Å². The Balaban J connectivity index is 1.78. The third-order valence-corrected chi connectivity index (χ3v) is 8.80. The van der Waals surface area contributed by atoms with Gasteiger partial charge in [-0.15, -0.1) is 0 Å². The van der Waals surface area contributed by atoms with Crippen molar-refractivity contribution in [2.45, 2.75) is 91.3 Å². The maximum atomic E-state index is 14.0. The summed E-state index contributed by atoms with van der Waals surface area (Å²) in [5, 5.41) is 8.29. The summed E-state index contributed by atoms with van der Waals surface area (Å²) in [7, 11) is 3.46. The van der Waals surface area contributed by atoms with E-state index in [9.17, 15) is 9.59 Å². The Labute approximate surface area is 234 Å². The fraction of sp³-hybridized carbons (Fsp3) is 0.625. The van der Waals surface area contributed by atoms with Crippen LogP contribution in [0.25, 0.3) is 10.8 Å². The molecule has 0 unspecified atom stereocenters. The van der Waals surface area contributed by atoms with Crippen LogP contribution in [0.2, 0.25) is 0 Å². The number of amides is 3. The summed E-state index contributed by atoms with van der Waals surface area (Å²) < 4.78 is 12.0. The summed E-state index contributed by atoms with van der Waals surface area (Å²) in [5.41, 5.74) is 1.25. The minimum Gasteiger partial charge on any atom is -0.496 e. The highest BCUT2D eigenvalue weighted by Gasteiger charge is 2.48. The SMILES string of the molecule is COc1cc2ccc3cc2cc1CCCC(C)(C)CCNC(=O)N[C@@H](C(C)(C)C)C(=O)N1C[C@@]3(OC)C[C@H]1C. The van der Waals surface area contributed by atoms with Crippen molar-refractivity contribution in [3.05, 3.63) is 41.5 Å². The Morgan fingerprint density at radius 2 is 1.77 bits per heavy atom. The lowest BCUT2D eigenvalue weighted by Gasteiger charge is -2.35. The number of carbonyl (C=O) groups excluding carboxylic acids is 2. The molecule has 0 saturated carbocycles. The normalized spacial score (nSPS) is 26.6. The van der Waals surface area contributed by atoms with Gasteiger partial charge in [0.1, 0.15) is 17.4 Å². The van der Waals surface area contributed by atoms with Gasteiger partial charge < -0.3 is 25.0 Å². The van der Waals surface area contributed by atoms with E-state index in [1.54, 1.807) is 14.2 Å². The number of benzene rings is 2. The standard InChI is InChI=1S/C32H47N3O4/c1-21-19-32(39-8)20-35(21)28(36)27(30(2,3)4)34-29(37)33-15-14-31(5,6)13-9-10-23-16-24-17-25(32)12-11-22(24)18-26(23)38-7/h11-12,16-18,21,27H,9-10,13-15,19-20H2,1-8H3,(H2,33,34,37)/t21-,27-,32+/m1/s1. The highest BCUT2D eigenvalue weighted by atomic mass is 16.5. The molecular weight excluding hydrogens is 490 g/mol. The molecule has 2 heterocycles. The molecule has 7 nitrogen and oxygen atoms in total. The number of nitrogens with one attached hydrogen (secondary N) is 2. The number of rotatable bonds is 2. The largest absolute Gasteiger partial charge is 0.496 e. The number of urea groups is 1. The van der Waals surface area contributed by atoms with Gasteiger partial charge in [0.2, 0.25) is 5.91 Å². The van der Waals surface area contributed by atoms with E-state index in [2.05, 4.69) is 61.7 Å². The van der Waals surface area contributed by atoms with E-state index in [0.29, 0.717) is 19.5 Å². The quantitative estimate of drug-likeness (QED) is 0.509. The van der Waals surface area contributed by atoms with Gasteiger partial charge in [-0.25, -0.2) is 4.79 Å². The van der Waals surface area contributed by atoms with Crippen molar-refractivity contribution in [2.24, 2.45) is 10.8 Å². The average Bonchev–Trinajstić information content (AvgIpc) is 3.22. The third kappa shape index (κ3) is 6.19. The molecule has 1 fully saturated rings. The zero-order chi connectivity index (χ0) is 28.6. The Morgan fingerprint density at radius 1 is 1.03 bits per heavy atom. The van der Waals surface area contributed by atoms with Crippen LogP contribution in [0.1, 0.15) is 78.4 Å². The summed E-state index contributed by atoms with van der Waals surface area (Å²) >= 11 is 0. The van der Waals surface area contributed by atoms with Gasteiger partial charge in [0.25, 0.3) is 0 Å². The first-order chi connectivity index (χ1) is 18.3. The zero-order valence-corrected chi connectivity index (χ0v) is 25.1. The van der Waals surface area contributed by atoms with Crippen molar-refractivity contribution in [1.82, 2.24) is 15.5 Å². The topological polar surface area (TPSA) is 79.9 Å². The molecule has 39 heavy (non-hydrogen) atoms. The summed E-state index contributed by atoms with van der Waals surface area (Å²) in [6.45, 7) is 13.5. The molecule has 7 heteroatoms. The van der Waals surface area contributed by atoms with Crippen LogP contribution in [0.5, 0.6) is 5.75 Å². The second-order valence-corrected chi connectivity index (χ2v) is 13.4. The molecule has 5 bridgehead atoms. The smallest absolute Gasteiger partial charge is 0.315 e. The van der Waals surface area contributed by atoms with E-state index in [1.165, 1.54) is 5.56 Å². The highest BCUT2D eigenvalue weighted by Crippen LogP contribution is 2.41. The van der Waals surface area contributed by atoms with Gasteiger partial charge in [-0.1, -0.05) is 46.8 Å². The molecule has 4 rings (SSSR count). The van der Waals surface area contributed by atoms with Crippen LogP contribution in [-0.2, 0) is 21.6 Å². The number of hydrogen-bond acceptors (Lipinski definition) is 4. The molecule has 0 aromatic heterocycles. The first-order valence-corrected chi connectivity index (χ1v) is 14.3. The van der Waals surface area contributed by atoms with Gasteiger partial charge in [0.05, 0.1) is 13.7 Å². The van der Waals surface area contributed by atoms with E-state index < -0.39 is 17.1 Å². The molecule has 0 aliphatic carbocycles. The number of nitrogens with zero attached hydrogens (tertiary/aromatic N) is 1. The maximum absolute atomic E-state index is 14.0. The first kappa shape index (κ1) is 29.2. The predicted octanol–water partition coefficient (Wildman–Crippen LogP) is 5.78. The van der Waals surface area contributed by atoms with E-state index in [-0.39, 0.29) is 23.4 Å². The van der Waals surface area contributed by atoms with Crippen LogP contribution in [0.4, 0.5) is 4.79 Å². The molecule has 0 radical (unpaired) electrons. The van der Waals surface area contributed by atoms with Crippen molar-refractivity contribution < 1.29 is 19.1 Å². The number of aryl methyl sites for hydroxylation is 1. The lowest BCUT2D eigenvalue weighted by atomic mass is 9.83. The summed E-state index contributed by atoms with van der Waals surface area (Å²) in [4.78, 5) is 28.9. The second-order valence-electron chi connectivity index (χ2n) is 13.4. The molecule has 3 atom stereocenters. The number of ether oxygens (including phenoxy) is 2. The van der Waals surface area contributed by atoms with E-state index in [4.69, 9.17) is 9.47 Å². The van der Waals surface area contributed by atoms with Gasteiger partial charge in [-0.05, 0) is 83.5 Å². The van der Waals surface area contributed by atoms with Gasteiger partial charge >= 0.3 is 6.03 Å². The van der Waals surface area contributed by atoms with Crippen LogP contribution in [-0.4, -0.2) is 56.2 Å². The third-order valence-electron chi connectivity index (χ3n) is 8.80. The maximum Gasteiger partial charge on any atom is 0.315 e. The van der Waals surface area contributed by atoms with Crippen LogP contribution < -0.4 is 15.4 Å². The van der Waals surface area contributed by atoms with Crippen molar-refractivity contribution in [2.75, 3.05) is 27.3 Å². The molecule has 0 spiro atoms. The molecule has 2 aliphatic rings. The lowest BCUT2D eigenvalue weighted by molar-refractivity contribution is -0.137. The Kier molecular flexibility index (Phi) is 8.23. The highest BCUT2D eigenvalue weighted by molar-refractivity contribution is 5.89. The van der Waals surface area contributed by atoms with Gasteiger partial charge in [-0.3, -0.25) is 4.79 Å². The van der Waals surface area contributed by atoms with Crippen LogP contribution in [0.3, 0.4) is 0 Å². The van der Waals surface area contributed by atoms with Gasteiger partial charge in [0, 0.05) is 26.1 Å². The summed E-state index contributed by atoms with van der Waals surface area (Å²) in [6.07, 6.45) is 4.51. The molecule has 2 aromatic carbocycles. The predicted molar refractivity (Wildman–Crippen MR) is 156 cm³/mol. The minimum absolute atomic E-state index is 0.0410. The van der Waals surface area contributed by atoms with Crippen LogP contribution in [0, 0.1) is 10.8 Å². The van der Waals surface area contributed by atoms with Gasteiger partial charge in [0.15, 0.2) is 0 Å². The Bertz CT molecular complexity index is 1220. The summed E-state index contributed by atoms with van der Waals surface area (Å²) in [6, 6.07) is 9.84. The zero-order valence-electron chi connectivity index (χ0n) is 25.1.